The summed E-state index contributed by atoms with van der Waals surface area (Å²) < 4.78 is 9.30. The van der Waals surface area contributed by atoms with Crippen LogP contribution in [0.3, 0.4) is 0 Å². The molecule has 1 atom stereocenters. The van der Waals surface area contributed by atoms with Gasteiger partial charge in [0.25, 0.3) is 0 Å². The molecule has 1 aliphatic heterocycles. The zero-order valence-electron chi connectivity index (χ0n) is 34.4. The maximum Gasteiger partial charge on any atom is 0.160 e. The molecule has 0 fully saturated rings. The lowest BCUT2D eigenvalue weighted by Crippen LogP contribution is -2.49. The first-order valence-corrected chi connectivity index (χ1v) is 20.2. The molecule has 0 aliphatic carbocycles. The van der Waals surface area contributed by atoms with Gasteiger partial charge in [0.2, 0.25) is 0 Å². The number of benzene rings is 7. The lowest BCUT2D eigenvalue weighted by Gasteiger charge is -2.24. The van der Waals surface area contributed by atoms with Gasteiger partial charge in [-0.15, -0.1) is 10.9 Å². The van der Waals surface area contributed by atoms with Crippen molar-refractivity contribution in [2.45, 2.75) is 6.17 Å². The second-order valence-corrected chi connectivity index (χ2v) is 16.1. The molecule has 0 amide bonds. The lowest BCUT2D eigenvalue weighted by molar-refractivity contribution is 0.668. The topological polar surface area (TPSA) is 54.8 Å². The van der Waals surface area contributed by atoms with Crippen LogP contribution in [0.5, 0.6) is 0 Å². The van der Waals surface area contributed by atoms with Crippen LogP contribution in [-0.2, 0) is 0 Å². The second kappa shape index (κ2) is 13.7. The van der Waals surface area contributed by atoms with Crippen molar-refractivity contribution in [3.05, 3.63) is 138 Å². The predicted octanol–water partition coefficient (Wildman–Crippen LogP) is -3.09. The van der Waals surface area contributed by atoms with Crippen LogP contribution in [0.1, 0.15) is 22.9 Å². The maximum absolute atomic E-state index is 6.80. The van der Waals surface area contributed by atoms with E-state index in [9.17, 15) is 0 Å². The van der Waals surface area contributed by atoms with Crippen LogP contribution >= 0.6 is 0 Å². The quantitative estimate of drug-likeness (QED) is 0.191. The van der Waals surface area contributed by atoms with Gasteiger partial charge >= 0.3 is 0 Å². The number of hydrogen-bond donors (Lipinski definition) is 1. The Kier molecular flexibility index (Phi) is 8.56. The van der Waals surface area contributed by atoms with Crippen LogP contribution in [0.2, 0.25) is 0 Å². The highest BCUT2D eigenvalue weighted by Crippen LogP contribution is 2.36. The molecule has 1 N–H and O–H groups in total. The molecule has 10 rings (SSSR count). The number of nitrogens with one attached hydrogen (secondary N) is 1. The highest BCUT2D eigenvalue weighted by molar-refractivity contribution is 6.71. The molecular formula is C45H38B8N4O. The largest absolute Gasteiger partial charge is 0.456 e. The fourth-order valence-electron chi connectivity index (χ4n) is 9.26. The maximum atomic E-state index is 6.80. The third-order valence-electron chi connectivity index (χ3n) is 13.1. The molecule has 7 aromatic carbocycles. The molecule has 1 aliphatic rings. The van der Waals surface area contributed by atoms with Crippen molar-refractivity contribution < 1.29 is 4.42 Å². The van der Waals surface area contributed by atoms with E-state index in [0.717, 1.165) is 61.3 Å². The Hall–Kier alpha value is -6.20. The van der Waals surface area contributed by atoms with Gasteiger partial charge in [0.05, 0.1) is 0 Å². The molecule has 58 heavy (non-hydrogen) atoms. The van der Waals surface area contributed by atoms with Crippen molar-refractivity contribution in [1.29, 1.82) is 0 Å². The summed E-state index contributed by atoms with van der Waals surface area (Å²) in [7, 11) is 18.2. The summed E-state index contributed by atoms with van der Waals surface area (Å²) >= 11 is 0. The van der Waals surface area contributed by atoms with Gasteiger partial charge in [0, 0.05) is 44.7 Å². The van der Waals surface area contributed by atoms with Crippen molar-refractivity contribution in [2.75, 3.05) is 0 Å². The van der Waals surface area contributed by atoms with Crippen LogP contribution in [-0.4, -0.2) is 79.0 Å². The summed E-state index contributed by atoms with van der Waals surface area (Å²) in [5.41, 5.74) is 21.3. The molecule has 0 spiro atoms. The van der Waals surface area contributed by atoms with E-state index < -0.39 is 0 Å². The summed E-state index contributed by atoms with van der Waals surface area (Å²) in [6.45, 7) is 0. The van der Waals surface area contributed by atoms with E-state index in [-0.39, 0.29) is 6.17 Å². The minimum absolute atomic E-state index is 0.322. The monoisotopic (exact) mass is 738 g/mol. The zero-order valence-corrected chi connectivity index (χ0v) is 34.4. The lowest BCUT2D eigenvalue weighted by atomic mass is 9.63. The van der Waals surface area contributed by atoms with E-state index in [0.29, 0.717) is 5.84 Å². The van der Waals surface area contributed by atoms with E-state index >= 15 is 0 Å². The fourth-order valence-corrected chi connectivity index (χ4v) is 9.26. The Morgan fingerprint density at radius 1 is 0.500 bits per heavy atom. The first-order chi connectivity index (χ1) is 28.1. The Bertz CT molecular complexity index is 3170. The smallest absolute Gasteiger partial charge is 0.160 e. The van der Waals surface area contributed by atoms with Crippen LogP contribution < -0.4 is 49.0 Å². The van der Waals surface area contributed by atoms with Crippen molar-refractivity contribution >= 4 is 162 Å². The Labute approximate surface area is 345 Å². The number of nitrogens with zero attached hydrogens (tertiary/aromatic N) is 3. The molecule has 268 valence electrons. The van der Waals surface area contributed by atoms with Crippen LogP contribution in [0, 0.1) is 0 Å². The summed E-state index contributed by atoms with van der Waals surface area (Å²) in [4.78, 5) is 10.6. The summed E-state index contributed by atoms with van der Waals surface area (Å²) in [5.74, 6) is 1.45. The van der Waals surface area contributed by atoms with Crippen molar-refractivity contribution in [3.63, 3.8) is 0 Å². The van der Waals surface area contributed by atoms with Crippen LogP contribution in [0.4, 0.5) is 0 Å². The molecule has 5 nitrogen and oxygen atoms in total. The van der Waals surface area contributed by atoms with Gasteiger partial charge in [0.15, 0.2) is 5.84 Å². The third kappa shape index (κ3) is 5.50. The molecule has 3 heterocycles. The number of fused-ring (bicyclic) bond motifs is 6. The van der Waals surface area contributed by atoms with E-state index in [1.54, 1.807) is 0 Å². The van der Waals surface area contributed by atoms with Crippen LogP contribution in [0.25, 0.3) is 60.6 Å². The number of hydrogen-bond acceptors (Lipinski definition) is 4. The fraction of sp³-hybridized carbons (Fsp3) is 0.0222. The Morgan fingerprint density at radius 3 is 1.76 bits per heavy atom. The molecular weight excluding hydrogens is 699 g/mol. The molecule has 0 bridgehead atoms. The Balaban J connectivity index is 1.18. The highest BCUT2D eigenvalue weighted by Gasteiger charge is 2.26. The minimum atomic E-state index is -0.322. The average Bonchev–Trinajstić information content (AvgIpc) is 3.83. The van der Waals surface area contributed by atoms with Gasteiger partial charge in [-0.05, 0) is 51.7 Å². The van der Waals surface area contributed by atoms with Gasteiger partial charge in [0.1, 0.15) is 85.9 Å². The molecule has 1 unspecified atom stereocenters. The first-order valence-electron chi connectivity index (χ1n) is 20.2. The second-order valence-electron chi connectivity index (χ2n) is 16.1. The normalized spacial score (nSPS) is 14.2. The number of aliphatic imine (C=N–C) groups is 2. The Morgan fingerprint density at radius 2 is 1.09 bits per heavy atom. The standard InChI is InChI=1S/C45H38B8N4O/c46-33-31-32-34(47)36(49)38(51)40(53)42(32)57(41(31)39(52)37(50)35(33)48)25-17-18-26-29(20-25)58-28-16-8-15-27(30(26)28)45-55-43(22-11-5-2-6-12-22)54-44(56-45)24-14-7-13-23(19-24)21-9-3-1-4-10-21/h1-20,43H,46-53H2,(H,54,55,56). The van der Waals surface area contributed by atoms with E-state index in [1.165, 1.54) is 65.5 Å². The highest BCUT2D eigenvalue weighted by atomic mass is 16.3. The van der Waals surface area contributed by atoms with E-state index in [4.69, 9.17) is 14.4 Å². The molecule has 0 radical (unpaired) electrons. The minimum Gasteiger partial charge on any atom is -0.456 e. The molecule has 0 saturated heterocycles. The predicted molar refractivity (Wildman–Crippen MR) is 271 cm³/mol. The number of aromatic nitrogens is 1. The number of amidine groups is 2. The summed E-state index contributed by atoms with van der Waals surface area (Å²) in [6.07, 6.45) is -0.322. The van der Waals surface area contributed by atoms with Gasteiger partial charge in [-0.2, -0.15) is 0 Å². The zero-order chi connectivity index (χ0) is 40.0. The SMILES string of the molecule is Bc1c(B)c(B)c2c(c1B)c1c(B)c(B)c(B)c(B)c1n2-c1ccc2c(c1)oc1cccc(C3=NC(c4ccccc4)NC(c4cccc(-c5ccccc5)c4)=N3)c12. The van der Waals surface area contributed by atoms with Crippen molar-refractivity contribution in [2.24, 2.45) is 9.98 Å². The van der Waals surface area contributed by atoms with Gasteiger partial charge in [-0.3, -0.25) is 0 Å². The van der Waals surface area contributed by atoms with Gasteiger partial charge < -0.3 is 14.3 Å². The van der Waals surface area contributed by atoms with Crippen molar-refractivity contribution in [3.8, 4) is 16.8 Å². The number of rotatable bonds is 5. The molecule has 9 aromatic rings. The average molecular weight is 737 g/mol. The van der Waals surface area contributed by atoms with Gasteiger partial charge in [-0.1, -0.05) is 124 Å². The van der Waals surface area contributed by atoms with E-state index in [2.05, 4.69) is 182 Å². The van der Waals surface area contributed by atoms with E-state index in [1.807, 2.05) is 12.1 Å². The van der Waals surface area contributed by atoms with Crippen LogP contribution in [0.15, 0.2) is 136 Å². The summed E-state index contributed by atoms with van der Waals surface area (Å²) in [6, 6.07) is 42.4. The molecule has 0 saturated carbocycles. The molecule has 13 heteroatoms. The van der Waals surface area contributed by atoms with Crippen molar-refractivity contribution in [1.82, 2.24) is 9.88 Å². The first kappa shape index (κ1) is 36.2. The molecule has 2 aromatic heterocycles. The third-order valence-corrected chi connectivity index (χ3v) is 13.1. The number of furan rings is 1. The summed E-state index contributed by atoms with van der Waals surface area (Å²) in [5, 5.41) is 8.42. The van der Waals surface area contributed by atoms with Gasteiger partial charge in [-0.25, -0.2) is 9.98 Å².